The van der Waals surface area contributed by atoms with Crippen molar-refractivity contribution in [3.63, 3.8) is 0 Å². The molecule has 19 heavy (non-hydrogen) atoms. The molecule has 0 saturated carbocycles. The summed E-state index contributed by atoms with van der Waals surface area (Å²) in [6, 6.07) is 8.38. The Hall–Kier alpha value is -1.35. The van der Waals surface area contributed by atoms with Gasteiger partial charge in [0, 0.05) is 13.0 Å². The van der Waals surface area contributed by atoms with Gasteiger partial charge in [0.25, 0.3) is 0 Å². The number of rotatable bonds is 8. The van der Waals surface area contributed by atoms with Crippen LogP contribution in [0.3, 0.4) is 0 Å². The Morgan fingerprint density at radius 1 is 1.11 bits per heavy atom. The van der Waals surface area contributed by atoms with Crippen molar-refractivity contribution in [3.8, 4) is 0 Å². The van der Waals surface area contributed by atoms with Crippen molar-refractivity contribution >= 4 is 11.0 Å². The topological polar surface area (TPSA) is 43.8 Å². The lowest BCUT2D eigenvalue weighted by Crippen LogP contribution is -2.10. The first-order valence-corrected chi connectivity index (χ1v) is 7.51. The molecule has 0 aliphatic carbocycles. The molecule has 104 valence electrons. The molecular weight excluding hydrogens is 234 g/mol. The van der Waals surface area contributed by atoms with Crippen LogP contribution in [-0.2, 0) is 13.0 Å². The summed E-state index contributed by atoms with van der Waals surface area (Å²) < 4.78 is 2.36. The molecule has 1 heterocycles. The van der Waals surface area contributed by atoms with E-state index in [1.165, 1.54) is 37.6 Å². The molecule has 0 amide bonds. The Kier molecular flexibility index (Phi) is 5.40. The number of aryl methyl sites for hydroxylation is 1. The molecule has 1 aromatic heterocycles. The molecule has 0 fully saturated rings. The highest BCUT2D eigenvalue weighted by molar-refractivity contribution is 5.75. The summed E-state index contributed by atoms with van der Waals surface area (Å²) in [6.45, 7) is 3.99. The monoisotopic (exact) mass is 259 g/mol. The average Bonchev–Trinajstić information content (AvgIpc) is 2.77. The van der Waals surface area contributed by atoms with E-state index in [2.05, 4.69) is 29.7 Å². The number of fused-ring (bicyclic) bond motifs is 1. The van der Waals surface area contributed by atoms with Gasteiger partial charge in [-0.1, -0.05) is 44.7 Å². The highest BCUT2D eigenvalue weighted by Crippen LogP contribution is 2.17. The second kappa shape index (κ2) is 7.29. The number of benzene rings is 1. The SMILES string of the molecule is CCCCCCCn1c(CCN)nc2ccccc21. The Labute approximate surface area is 115 Å². The molecule has 0 saturated heterocycles. The van der Waals surface area contributed by atoms with E-state index in [1.807, 2.05) is 6.07 Å². The predicted molar refractivity (Wildman–Crippen MR) is 81.3 cm³/mol. The maximum absolute atomic E-state index is 5.69. The van der Waals surface area contributed by atoms with Crippen molar-refractivity contribution in [1.29, 1.82) is 0 Å². The standard InChI is InChI=1S/C16H25N3/c1-2-3-4-5-8-13-19-15-10-7-6-9-14(15)18-16(19)11-12-17/h6-7,9-10H,2-5,8,11-13,17H2,1H3. The molecule has 2 N–H and O–H groups in total. The van der Waals surface area contributed by atoms with Gasteiger partial charge in [0.2, 0.25) is 0 Å². The van der Waals surface area contributed by atoms with Crippen LogP contribution >= 0.6 is 0 Å². The summed E-state index contributed by atoms with van der Waals surface area (Å²) in [4.78, 5) is 4.70. The summed E-state index contributed by atoms with van der Waals surface area (Å²) in [7, 11) is 0. The van der Waals surface area contributed by atoms with Crippen molar-refractivity contribution in [2.24, 2.45) is 5.73 Å². The zero-order valence-electron chi connectivity index (χ0n) is 11.9. The largest absolute Gasteiger partial charge is 0.330 e. The molecule has 0 radical (unpaired) electrons. The molecule has 0 aliphatic heterocycles. The van der Waals surface area contributed by atoms with E-state index in [4.69, 9.17) is 10.7 Å². The zero-order chi connectivity index (χ0) is 13.5. The van der Waals surface area contributed by atoms with Gasteiger partial charge in [-0.2, -0.15) is 0 Å². The fraction of sp³-hybridized carbons (Fsp3) is 0.562. The lowest BCUT2D eigenvalue weighted by atomic mass is 10.1. The highest BCUT2D eigenvalue weighted by atomic mass is 15.1. The summed E-state index contributed by atoms with van der Waals surface area (Å²) in [5, 5.41) is 0. The molecule has 3 heteroatoms. The van der Waals surface area contributed by atoms with Crippen LogP contribution in [-0.4, -0.2) is 16.1 Å². The number of aromatic nitrogens is 2. The first kappa shape index (κ1) is 14.1. The van der Waals surface area contributed by atoms with Crippen LogP contribution in [0.25, 0.3) is 11.0 Å². The normalized spacial score (nSPS) is 11.3. The van der Waals surface area contributed by atoms with Crippen molar-refractivity contribution in [3.05, 3.63) is 30.1 Å². The Balaban J connectivity index is 2.08. The van der Waals surface area contributed by atoms with E-state index >= 15 is 0 Å². The second-order valence-corrected chi connectivity index (χ2v) is 5.12. The maximum atomic E-state index is 5.69. The predicted octanol–water partition coefficient (Wildman–Crippen LogP) is 3.51. The quantitative estimate of drug-likeness (QED) is 0.737. The minimum absolute atomic E-state index is 0.666. The van der Waals surface area contributed by atoms with Gasteiger partial charge in [-0.25, -0.2) is 4.98 Å². The number of nitrogens with zero attached hydrogens (tertiary/aromatic N) is 2. The molecule has 2 aromatic rings. The summed E-state index contributed by atoms with van der Waals surface area (Å²) >= 11 is 0. The molecule has 1 aromatic carbocycles. The Morgan fingerprint density at radius 3 is 2.68 bits per heavy atom. The average molecular weight is 259 g/mol. The molecule has 0 unspecified atom stereocenters. The minimum atomic E-state index is 0.666. The van der Waals surface area contributed by atoms with E-state index in [1.54, 1.807) is 0 Å². The molecule has 0 spiro atoms. The lowest BCUT2D eigenvalue weighted by molar-refractivity contribution is 0.562. The Bertz CT molecular complexity index is 502. The van der Waals surface area contributed by atoms with Crippen LogP contribution < -0.4 is 5.73 Å². The zero-order valence-corrected chi connectivity index (χ0v) is 11.9. The van der Waals surface area contributed by atoms with Gasteiger partial charge >= 0.3 is 0 Å². The third-order valence-corrected chi connectivity index (χ3v) is 3.59. The first-order valence-electron chi connectivity index (χ1n) is 7.51. The lowest BCUT2D eigenvalue weighted by Gasteiger charge is -2.08. The van der Waals surface area contributed by atoms with E-state index in [0.717, 1.165) is 24.3 Å². The van der Waals surface area contributed by atoms with Gasteiger partial charge in [0.1, 0.15) is 5.82 Å². The first-order chi connectivity index (χ1) is 9.36. The number of unbranched alkanes of at least 4 members (excludes halogenated alkanes) is 4. The fourth-order valence-electron chi connectivity index (χ4n) is 2.57. The molecule has 0 bridgehead atoms. The number of para-hydroxylation sites is 2. The number of hydrogen-bond donors (Lipinski definition) is 1. The smallest absolute Gasteiger partial charge is 0.111 e. The van der Waals surface area contributed by atoms with E-state index in [0.29, 0.717) is 6.54 Å². The van der Waals surface area contributed by atoms with E-state index in [-0.39, 0.29) is 0 Å². The van der Waals surface area contributed by atoms with Crippen molar-refractivity contribution in [2.75, 3.05) is 6.54 Å². The molecule has 0 atom stereocenters. The van der Waals surface area contributed by atoms with E-state index < -0.39 is 0 Å². The molecule has 2 rings (SSSR count). The van der Waals surface area contributed by atoms with Crippen molar-refractivity contribution in [1.82, 2.24) is 9.55 Å². The van der Waals surface area contributed by atoms with Crippen LogP contribution in [0.1, 0.15) is 44.9 Å². The van der Waals surface area contributed by atoms with Gasteiger partial charge in [-0.3, -0.25) is 0 Å². The van der Waals surface area contributed by atoms with Crippen LogP contribution in [0.4, 0.5) is 0 Å². The van der Waals surface area contributed by atoms with Gasteiger partial charge in [0.15, 0.2) is 0 Å². The van der Waals surface area contributed by atoms with Crippen molar-refractivity contribution < 1.29 is 0 Å². The Morgan fingerprint density at radius 2 is 1.89 bits per heavy atom. The molecule has 3 nitrogen and oxygen atoms in total. The van der Waals surface area contributed by atoms with Crippen LogP contribution in [0.2, 0.25) is 0 Å². The summed E-state index contributed by atoms with van der Waals surface area (Å²) in [5.41, 5.74) is 8.04. The van der Waals surface area contributed by atoms with E-state index in [9.17, 15) is 0 Å². The van der Waals surface area contributed by atoms with Crippen LogP contribution in [0.5, 0.6) is 0 Å². The maximum Gasteiger partial charge on any atom is 0.111 e. The minimum Gasteiger partial charge on any atom is -0.330 e. The highest BCUT2D eigenvalue weighted by Gasteiger charge is 2.08. The van der Waals surface area contributed by atoms with Crippen molar-refractivity contribution in [2.45, 2.75) is 52.0 Å². The van der Waals surface area contributed by atoms with Gasteiger partial charge in [-0.15, -0.1) is 0 Å². The third kappa shape index (κ3) is 3.57. The van der Waals surface area contributed by atoms with Gasteiger partial charge in [0.05, 0.1) is 11.0 Å². The number of hydrogen-bond acceptors (Lipinski definition) is 2. The second-order valence-electron chi connectivity index (χ2n) is 5.12. The summed E-state index contributed by atoms with van der Waals surface area (Å²) in [5.74, 6) is 1.14. The molecule has 0 aliphatic rings. The number of imidazole rings is 1. The fourth-order valence-corrected chi connectivity index (χ4v) is 2.57. The number of nitrogens with two attached hydrogens (primary N) is 1. The third-order valence-electron chi connectivity index (χ3n) is 3.59. The van der Waals surface area contributed by atoms with Gasteiger partial charge in [-0.05, 0) is 25.1 Å². The van der Waals surface area contributed by atoms with Crippen LogP contribution in [0, 0.1) is 0 Å². The summed E-state index contributed by atoms with van der Waals surface area (Å²) in [6.07, 6.45) is 7.39. The van der Waals surface area contributed by atoms with Gasteiger partial charge < -0.3 is 10.3 Å². The molecular formula is C16H25N3. The van der Waals surface area contributed by atoms with Crippen LogP contribution in [0.15, 0.2) is 24.3 Å².